The lowest BCUT2D eigenvalue weighted by atomic mass is 9.85. The van der Waals surface area contributed by atoms with Crippen LogP contribution in [-0.2, 0) is 11.2 Å². The van der Waals surface area contributed by atoms with Crippen molar-refractivity contribution < 1.29 is 9.18 Å². The Morgan fingerprint density at radius 2 is 2.12 bits per heavy atom. The predicted octanol–water partition coefficient (Wildman–Crippen LogP) is 2.68. The van der Waals surface area contributed by atoms with Crippen molar-refractivity contribution in [3.8, 4) is 0 Å². The lowest BCUT2D eigenvalue weighted by Gasteiger charge is -2.20. The van der Waals surface area contributed by atoms with Crippen LogP contribution in [0.1, 0.15) is 19.4 Å². The summed E-state index contributed by atoms with van der Waals surface area (Å²) in [7, 11) is 0. The Morgan fingerprint density at radius 3 is 2.62 bits per heavy atom. The summed E-state index contributed by atoms with van der Waals surface area (Å²) in [6.45, 7) is 3.93. The average molecular weight is 288 g/mol. The van der Waals surface area contributed by atoms with E-state index in [1.165, 1.54) is 12.1 Å². The number of nitrogens with two attached hydrogens (primary N) is 1. The summed E-state index contributed by atoms with van der Waals surface area (Å²) in [5.41, 5.74) is 5.78. The molecule has 1 aromatic carbocycles. The lowest BCUT2D eigenvalue weighted by Crippen LogP contribution is -2.33. The van der Waals surface area contributed by atoms with Crippen LogP contribution in [0.3, 0.4) is 0 Å². The minimum absolute atomic E-state index is 0.0577. The van der Waals surface area contributed by atoms with E-state index in [2.05, 4.69) is 15.9 Å². The second-order valence-electron chi connectivity index (χ2n) is 4.42. The summed E-state index contributed by atoms with van der Waals surface area (Å²) in [4.78, 5) is 11.9. The van der Waals surface area contributed by atoms with Gasteiger partial charge < -0.3 is 5.73 Å². The Hall–Kier alpha value is -0.740. The Balaban J connectivity index is 2.85. The highest BCUT2D eigenvalue weighted by atomic mass is 79.9. The van der Waals surface area contributed by atoms with Gasteiger partial charge in [0.2, 0.25) is 0 Å². The van der Waals surface area contributed by atoms with Gasteiger partial charge in [0.25, 0.3) is 0 Å². The topological polar surface area (TPSA) is 43.1 Å². The normalized spacial score (nSPS) is 11.6. The first-order valence-corrected chi connectivity index (χ1v) is 5.83. The largest absolute Gasteiger partial charge is 0.329 e. The zero-order valence-corrected chi connectivity index (χ0v) is 11.0. The minimum Gasteiger partial charge on any atom is -0.329 e. The van der Waals surface area contributed by atoms with Gasteiger partial charge in [-0.05, 0) is 17.7 Å². The highest BCUT2D eigenvalue weighted by Gasteiger charge is 2.25. The summed E-state index contributed by atoms with van der Waals surface area (Å²) in [5.74, 6) is -0.261. The third-order valence-electron chi connectivity index (χ3n) is 2.63. The molecule has 4 heteroatoms. The summed E-state index contributed by atoms with van der Waals surface area (Å²) in [6, 6.07) is 4.32. The first-order chi connectivity index (χ1) is 7.36. The van der Waals surface area contributed by atoms with E-state index in [0.29, 0.717) is 11.0 Å². The van der Waals surface area contributed by atoms with Gasteiger partial charge >= 0.3 is 0 Å². The second-order valence-corrected chi connectivity index (χ2v) is 5.28. The number of hydrogen-bond acceptors (Lipinski definition) is 2. The molecule has 2 nitrogen and oxygen atoms in total. The van der Waals surface area contributed by atoms with Gasteiger partial charge in [0, 0.05) is 22.9 Å². The predicted molar refractivity (Wildman–Crippen MR) is 65.6 cm³/mol. The molecule has 0 bridgehead atoms. The third kappa shape index (κ3) is 3.12. The van der Waals surface area contributed by atoms with Gasteiger partial charge in [0.05, 0.1) is 0 Å². The van der Waals surface area contributed by atoms with Crippen LogP contribution in [-0.4, -0.2) is 12.3 Å². The van der Waals surface area contributed by atoms with Crippen molar-refractivity contribution in [3.63, 3.8) is 0 Å². The third-order valence-corrected chi connectivity index (χ3v) is 3.37. The standard InChI is InChI=1S/C12H15BrFNO/c1-12(2,7-15)11(16)5-8-3-4-9(14)6-10(8)13/h3-4,6H,5,7,15H2,1-2H3. The van der Waals surface area contributed by atoms with Crippen LogP contribution >= 0.6 is 15.9 Å². The van der Waals surface area contributed by atoms with Crippen molar-refractivity contribution in [2.75, 3.05) is 6.54 Å². The van der Waals surface area contributed by atoms with Gasteiger partial charge in [0.15, 0.2) is 0 Å². The summed E-state index contributed by atoms with van der Waals surface area (Å²) in [6.07, 6.45) is 0.269. The molecule has 1 rings (SSSR count). The molecule has 0 atom stereocenters. The zero-order valence-electron chi connectivity index (χ0n) is 9.39. The van der Waals surface area contributed by atoms with Crippen LogP contribution in [0.2, 0.25) is 0 Å². The van der Waals surface area contributed by atoms with Gasteiger partial charge in [0.1, 0.15) is 11.6 Å². The molecular formula is C12H15BrFNO. The number of carbonyl (C=O) groups excluding carboxylic acids is 1. The van der Waals surface area contributed by atoms with Crippen LogP contribution in [0.15, 0.2) is 22.7 Å². The fourth-order valence-electron chi connectivity index (χ4n) is 1.19. The molecule has 0 unspecified atom stereocenters. The smallest absolute Gasteiger partial charge is 0.144 e. The molecular weight excluding hydrogens is 273 g/mol. The number of rotatable bonds is 4. The first kappa shape index (κ1) is 13.3. The molecule has 0 amide bonds. The fourth-order valence-corrected chi connectivity index (χ4v) is 1.68. The van der Waals surface area contributed by atoms with Crippen molar-refractivity contribution in [1.82, 2.24) is 0 Å². The van der Waals surface area contributed by atoms with Gasteiger partial charge in [-0.15, -0.1) is 0 Å². The second kappa shape index (κ2) is 5.06. The number of halogens is 2. The van der Waals surface area contributed by atoms with E-state index in [1.54, 1.807) is 6.07 Å². The summed E-state index contributed by atoms with van der Waals surface area (Å²) in [5, 5.41) is 0. The van der Waals surface area contributed by atoms with Crippen LogP contribution in [0, 0.1) is 11.2 Å². The van der Waals surface area contributed by atoms with Crippen molar-refractivity contribution >= 4 is 21.7 Å². The Bertz CT molecular complexity index is 404. The van der Waals surface area contributed by atoms with Crippen LogP contribution in [0.4, 0.5) is 4.39 Å². The van der Waals surface area contributed by atoms with Crippen LogP contribution in [0.5, 0.6) is 0 Å². The Labute approximate surface area is 103 Å². The van der Waals surface area contributed by atoms with E-state index in [0.717, 1.165) is 5.56 Å². The van der Waals surface area contributed by atoms with Gasteiger partial charge in [-0.2, -0.15) is 0 Å². The molecule has 0 heterocycles. The number of ketones is 1. The van der Waals surface area contributed by atoms with Gasteiger partial charge in [-0.1, -0.05) is 35.8 Å². The monoisotopic (exact) mass is 287 g/mol. The molecule has 0 spiro atoms. The molecule has 0 saturated carbocycles. The van der Waals surface area contributed by atoms with Gasteiger partial charge in [-0.25, -0.2) is 4.39 Å². The van der Waals surface area contributed by atoms with Crippen molar-refractivity contribution in [2.24, 2.45) is 11.1 Å². The average Bonchev–Trinajstić information content (AvgIpc) is 2.22. The van der Waals surface area contributed by atoms with E-state index < -0.39 is 5.41 Å². The fraction of sp³-hybridized carbons (Fsp3) is 0.417. The van der Waals surface area contributed by atoms with Crippen molar-refractivity contribution in [3.05, 3.63) is 34.1 Å². The van der Waals surface area contributed by atoms with Crippen LogP contribution in [0.25, 0.3) is 0 Å². The van der Waals surface area contributed by atoms with E-state index in [4.69, 9.17) is 5.73 Å². The van der Waals surface area contributed by atoms with E-state index in [9.17, 15) is 9.18 Å². The minimum atomic E-state index is -0.534. The maximum Gasteiger partial charge on any atom is 0.144 e. The maximum absolute atomic E-state index is 12.9. The molecule has 88 valence electrons. The highest BCUT2D eigenvalue weighted by molar-refractivity contribution is 9.10. The molecule has 0 radical (unpaired) electrons. The lowest BCUT2D eigenvalue weighted by molar-refractivity contribution is -0.125. The number of hydrogen-bond donors (Lipinski definition) is 1. The molecule has 0 aromatic heterocycles. The Kier molecular flexibility index (Phi) is 4.21. The Morgan fingerprint density at radius 1 is 1.50 bits per heavy atom. The molecule has 0 aliphatic heterocycles. The summed E-state index contributed by atoms with van der Waals surface area (Å²) >= 11 is 3.24. The molecule has 0 fully saturated rings. The molecule has 16 heavy (non-hydrogen) atoms. The highest BCUT2D eigenvalue weighted by Crippen LogP contribution is 2.23. The van der Waals surface area contributed by atoms with Crippen molar-refractivity contribution in [1.29, 1.82) is 0 Å². The first-order valence-electron chi connectivity index (χ1n) is 5.04. The number of carbonyl (C=O) groups is 1. The SMILES string of the molecule is CC(C)(CN)C(=O)Cc1ccc(F)cc1Br. The van der Waals surface area contributed by atoms with E-state index in [1.807, 2.05) is 13.8 Å². The molecule has 0 aliphatic carbocycles. The van der Waals surface area contributed by atoms with Crippen LogP contribution < -0.4 is 5.73 Å². The van der Waals surface area contributed by atoms with E-state index >= 15 is 0 Å². The maximum atomic E-state index is 12.9. The molecule has 0 saturated heterocycles. The van der Waals surface area contributed by atoms with Crippen molar-refractivity contribution in [2.45, 2.75) is 20.3 Å². The zero-order chi connectivity index (χ0) is 12.3. The molecule has 2 N–H and O–H groups in total. The summed E-state index contributed by atoms with van der Waals surface area (Å²) < 4.78 is 13.5. The number of Topliss-reactive ketones (excluding diaryl/α,β-unsaturated/α-hetero) is 1. The molecule has 1 aromatic rings. The van der Waals surface area contributed by atoms with E-state index in [-0.39, 0.29) is 18.0 Å². The quantitative estimate of drug-likeness (QED) is 0.925. The van der Waals surface area contributed by atoms with Gasteiger partial charge in [-0.3, -0.25) is 4.79 Å². The number of benzene rings is 1. The molecule has 0 aliphatic rings.